The fraction of sp³-hybridized carbons (Fsp3) is 0.421. The number of aromatic nitrogens is 1. The lowest BCUT2D eigenvalue weighted by Gasteiger charge is -2.33. The molecule has 0 amide bonds. The van der Waals surface area contributed by atoms with Crippen LogP contribution in [0.3, 0.4) is 0 Å². The molecule has 1 aromatic carbocycles. The van der Waals surface area contributed by atoms with Gasteiger partial charge in [0, 0.05) is 24.0 Å². The van der Waals surface area contributed by atoms with Gasteiger partial charge < -0.3 is 9.47 Å². The summed E-state index contributed by atoms with van der Waals surface area (Å²) in [6.07, 6.45) is 5.99. The molecule has 1 atom stereocenters. The van der Waals surface area contributed by atoms with Crippen LogP contribution in [-0.4, -0.2) is 12.1 Å². The van der Waals surface area contributed by atoms with E-state index >= 15 is 0 Å². The molecule has 4 rings (SSSR count). The molecule has 2 heterocycles. The number of pyridine rings is 1. The second-order valence-corrected chi connectivity index (χ2v) is 7.40. The quantitative estimate of drug-likeness (QED) is 0.593. The van der Waals surface area contributed by atoms with Crippen LogP contribution in [0.4, 0.5) is 0 Å². The first-order valence-corrected chi connectivity index (χ1v) is 9.35. The molecule has 2 aromatic rings. The minimum atomic E-state index is -0.349. The number of nitrogens with zero attached hydrogens (tertiary/aromatic N) is 1. The summed E-state index contributed by atoms with van der Waals surface area (Å²) >= 11 is 2.41. The number of para-hydroxylation sites is 1. The van der Waals surface area contributed by atoms with Gasteiger partial charge in [0.1, 0.15) is 5.76 Å². The van der Waals surface area contributed by atoms with Gasteiger partial charge in [-0.15, -0.1) is 0 Å². The van der Waals surface area contributed by atoms with Crippen LogP contribution in [0.2, 0.25) is 0 Å². The fourth-order valence-corrected chi connectivity index (χ4v) is 4.65. The maximum absolute atomic E-state index is 6.27. The first-order valence-electron chi connectivity index (χ1n) is 8.27. The highest BCUT2D eigenvalue weighted by molar-refractivity contribution is 14.1. The molecular weight excluding hydrogens is 401 g/mol. The Morgan fingerprint density at radius 1 is 1.17 bits per heavy atom. The third-order valence-electron chi connectivity index (χ3n) is 4.86. The third-order valence-corrected chi connectivity index (χ3v) is 5.90. The van der Waals surface area contributed by atoms with Crippen molar-refractivity contribution in [2.24, 2.45) is 5.92 Å². The van der Waals surface area contributed by atoms with Gasteiger partial charge in [0.15, 0.2) is 0 Å². The second-order valence-electron chi connectivity index (χ2n) is 6.32. The number of hydrogen-bond acceptors (Lipinski definition) is 3. The van der Waals surface area contributed by atoms with Crippen LogP contribution >= 0.6 is 22.6 Å². The highest BCUT2D eigenvalue weighted by Crippen LogP contribution is 2.45. The standard InChI is InChI=1S/C19H20INO2/c1-22-19-14-11-13-9-5-6-10-15(13)21-17(14)16(20)18(23-19)12-7-3-2-4-8-12/h5-6,9-12,19H,2-4,7-8H2,1H3. The number of methoxy groups -OCH3 is 1. The average molecular weight is 421 g/mol. The normalized spacial score (nSPS) is 22.1. The molecule has 1 aliphatic heterocycles. The first-order chi connectivity index (χ1) is 11.3. The van der Waals surface area contributed by atoms with Crippen molar-refractivity contribution in [3.05, 3.63) is 47.3 Å². The van der Waals surface area contributed by atoms with E-state index in [0.29, 0.717) is 5.92 Å². The Hall–Kier alpha value is -1.14. The lowest BCUT2D eigenvalue weighted by atomic mass is 9.86. The van der Waals surface area contributed by atoms with Gasteiger partial charge in [-0.05, 0) is 47.6 Å². The number of rotatable bonds is 2. The molecule has 0 spiro atoms. The number of ether oxygens (including phenoxy) is 2. The van der Waals surface area contributed by atoms with Gasteiger partial charge in [-0.2, -0.15) is 0 Å². The maximum atomic E-state index is 6.27. The van der Waals surface area contributed by atoms with Gasteiger partial charge in [-0.3, -0.25) is 0 Å². The molecule has 1 unspecified atom stereocenters. The van der Waals surface area contributed by atoms with E-state index in [2.05, 4.69) is 40.8 Å². The fourth-order valence-electron chi connectivity index (χ4n) is 3.65. The van der Waals surface area contributed by atoms with Crippen molar-refractivity contribution >= 4 is 37.1 Å². The molecule has 120 valence electrons. The summed E-state index contributed by atoms with van der Waals surface area (Å²) < 4.78 is 13.1. The third kappa shape index (κ3) is 2.76. The SMILES string of the molecule is COC1OC(C2CCCCC2)=C(I)c2nc3ccccc3cc21. The van der Waals surface area contributed by atoms with Gasteiger partial charge in [-0.1, -0.05) is 37.5 Å². The van der Waals surface area contributed by atoms with Crippen molar-refractivity contribution in [2.75, 3.05) is 7.11 Å². The lowest BCUT2D eigenvalue weighted by Crippen LogP contribution is -2.21. The number of hydrogen-bond donors (Lipinski definition) is 0. The Bertz CT molecular complexity index is 765. The van der Waals surface area contributed by atoms with Crippen molar-refractivity contribution < 1.29 is 9.47 Å². The van der Waals surface area contributed by atoms with E-state index in [9.17, 15) is 0 Å². The summed E-state index contributed by atoms with van der Waals surface area (Å²) in [7, 11) is 1.71. The summed E-state index contributed by atoms with van der Waals surface area (Å²) in [5.74, 6) is 1.60. The zero-order valence-corrected chi connectivity index (χ0v) is 15.4. The van der Waals surface area contributed by atoms with Crippen molar-refractivity contribution in [3.63, 3.8) is 0 Å². The molecule has 0 saturated heterocycles. The van der Waals surface area contributed by atoms with Crippen LogP contribution in [0.1, 0.15) is 49.7 Å². The Morgan fingerprint density at radius 2 is 1.96 bits per heavy atom. The summed E-state index contributed by atoms with van der Waals surface area (Å²) in [5.41, 5.74) is 3.10. The monoisotopic (exact) mass is 421 g/mol. The zero-order valence-electron chi connectivity index (χ0n) is 13.2. The highest BCUT2D eigenvalue weighted by atomic mass is 127. The van der Waals surface area contributed by atoms with Crippen molar-refractivity contribution in [2.45, 2.75) is 38.4 Å². The molecule has 2 aliphatic rings. The van der Waals surface area contributed by atoms with Crippen molar-refractivity contribution in [3.8, 4) is 0 Å². The summed E-state index contributed by atoms with van der Waals surface area (Å²) in [4.78, 5) is 4.91. The van der Waals surface area contributed by atoms with Crippen molar-refractivity contribution in [1.29, 1.82) is 0 Å². The molecule has 4 heteroatoms. The van der Waals surface area contributed by atoms with Crippen molar-refractivity contribution in [1.82, 2.24) is 4.98 Å². The van der Waals surface area contributed by atoms with E-state index in [1.165, 1.54) is 32.1 Å². The molecular formula is C19H20INO2. The van der Waals surface area contributed by atoms with E-state index in [1.807, 2.05) is 12.1 Å². The largest absolute Gasteiger partial charge is 0.463 e. The Morgan fingerprint density at radius 3 is 2.74 bits per heavy atom. The topological polar surface area (TPSA) is 31.4 Å². The highest BCUT2D eigenvalue weighted by Gasteiger charge is 2.33. The Balaban J connectivity index is 1.85. The number of halogens is 1. The van der Waals surface area contributed by atoms with Crippen LogP contribution < -0.4 is 0 Å². The van der Waals surface area contributed by atoms with Crippen LogP contribution in [0.5, 0.6) is 0 Å². The molecule has 3 nitrogen and oxygen atoms in total. The predicted molar refractivity (Wildman–Crippen MR) is 100 cm³/mol. The van der Waals surface area contributed by atoms with E-state index in [4.69, 9.17) is 14.5 Å². The van der Waals surface area contributed by atoms with E-state index in [0.717, 1.165) is 31.5 Å². The maximum Gasteiger partial charge on any atom is 0.228 e. The first kappa shape index (κ1) is 15.4. The Kier molecular flexibility index (Phi) is 4.28. The molecule has 0 bridgehead atoms. The minimum absolute atomic E-state index is 0.349. The molecule has 1 fully saturated rings. The zero-order chi connectivity index (χ0) is 15.8. The number of benzene rings is 1. The van der Waals surface area contributed by atoms with Crippen LogP contribution in [0.25, 0.3) is 14.5 Å². The average Bonchev–Trinajstić information content (AvgIpc) is 2.62. The van der Waals surface area contributed by atoms with Gasteiger partial charge >= 0.3 is 0 Å². The molecule has 1 aromatic heterocycles. The Labute approximate surface area is 150 Å². The predicted octanol–water partition coefficient (Wildman–Crippen LogP) is 5.59. The van der Waals surface area contributed by atoms with E-state index < -0.39 is 0 Å². The van der Waals surface area contributed by atoms with E-state index in [1.54, 1.807) is 7.11 Å². The molecule has 1 aliphatic carbocycles. The molecule has 1 saturated carbocycles. The summed E-state index contributed by atoms with van der Waals surface area (Å²) in [5, 5.41) is 1.13. The van der Waals surface area contributed by atoms with Gasteiger partial charge in [0.25, 0.3) is 0 Å². The summed E-state index contributed by atoms with van der Waals surface area (Å²) in [6.45, 7) is 0. The van der Waals surface area contributed by atoms with E-state index in [-0.39, 0.29) is 6.29 Å². The second kappa shape index (κ2) is 6.40. The number of allylic oxidation sites excluding steroid dienone is 1. The van der Waals surface area contributed by atoms with Crippen LogP contribution in [0.15, 0.2) is 36.1 Å². The van der Waals surface area contributed by atoms with Gasteiger partial charge in [0.05, 0.1) is 14.8 Å². The van der Waals surface area contributed by atoms with Crippen LogP contribution in [-0.2, 0) is 9.47 Å². The lowest BCUT2D eigenvalue weighted by molar-refractivity contribution is -0.108. The molecule has 0 radical (unpaired) electrons. The van der Waals surface area contributed by atoms with Gasteiger partial charge in [0.2, 0.25) is 6.29 Å². The molecule has 0 N–H and O–H groups in total. The van der Waals surface area contributed by atoms with Gasteiger partial charge in [-0.25, -0.2) is 4.98 Å². The minimum Gasteiger partial charge on any atom is -0.463 e. The molecule has 23 heavy (non-hydrogen) atoms. The number of fused-ring (bicyclic) bond motifs is 2. The smallest absolute Gasteiger partial charge is 0.228 e. The summed E-state index contributed by atoms with van der Waals surface area (Å²) in [6, 6.07) is 10.4. The van der Waals surface area contributed by atoms with Crippen LogP contribution in [0, 0.1) is 5.92 Å².